The average Bonchev–Trinajstić information content (AvgIpc) is 3.60. The third-order valence-electron chi connectivity index (χ3n) is 6.31. The minimum atomic E-state index is -3.49. The summed E-state index contributed by atoms with van der Waals surface area (Å²) >= 11 is 0. The van der Waals surface area contributed by atoms with Crippen LogP contribution in [0.15, 0.2) is 89.8 Å². The summed E-state index contributed by atoms with van der Waals surface area (Å²) in [5.74, 6) is 0.466. The van der Waals surface area contributed by atoms with Gasteiger partial charge in [0.05, 0.1) is 10.9 Å². The van der Waals surface area contributed by atoms with E-state index in [0.29, 0.717) is 17.4 Å². The van der Waals surface area contributed by atoms with E-state index >= 15 is 0 Å². The van der Waals surface area contributed by atoms with E-state index in [1.54, 1.807) is 16.4 Å². The van der Waals surface area contributed by atoms with E-state index in [4.69, 9.17) is 0 Å². The lowest BCUT2D eigenvalue weighted by Crippen LogP contribution is -2.41. The predicted molar refractivity (Wildman–Crippen MR) is 134 cm³/mol. The zero-order valence-electron chi connectivity index (χ0n) is 19.8. The predicted octanol–water partition coefficient (Wildman–Crippen LogP) is 5.49. The first-order valence-corrected chi connectivity index (χ1v) is 13.2. The van der Waals surface area contributed by atoms with Crippen LogP contribution in [0, 0.1) is 12.8 Å². The topological polar surface area (TPSA) is 40.4 Å². The largest absolute Gasteiger partial charge is 0.290 e. The molecule has 3 atom stereocenters. The maximum absolute atomic E-state index is 13.4. The fourth-order valence-corrected chi connectivity index (χ4v) is 6.13. The molecule has 0 saturated carbocycles. The molecular formula is C28H34N2O2S. The Morgan fingerprint density at radius 3 is 1.85 bits per heavy atom. The zero-order valence-corrected chi connectivity index (χ0v) is 20.6. The molecule has 5 heteroatoms. The SMILES string of the molecule is Cc1ccc(S(=O)(=O)N2C[C@@H]2[C@H](CC(C)C)N(Cc2ccccc2)Cc2ccccc2)cc1. The van der Waals surface area contributed by atoms with E-state index in [1.165, 1.54) is 11.1 Å². The summed E-state index contributed by atoms with van der Waals surface area (Å²) in [5.41, 5.74) is 3.55. The minimum absolute atomic E-state index is 0.00822. The molecule has 0 aromatic heterocycles. The Bertz CT molecular complexity index is 1090. The minimum Gasteiger partial charge on any atom is -0.290 e. The molecule has 0 aliphatic carbocycles. The van der Waals surface area contributed by atoms with Crippen molar-refractivity contribution in [1.82, 2.24) is 9.21 Å². The summed E-state index contributed by atoms with van der Waals surface area (Å²) in [6.07, 6.45) is 0.949. The van der Waals surface area contributed by atoms with Gasteiger partial charge >= 0.3 is 0 Å². The fraction of sp³-hybridized carbons (Fsp3) is 0.357. The Labute approximate surface area is 198 Å². The van der Waals surface area contributed by atoms with Crippen LogP contribution in [0.1, 0.15) is 37.0 Å². The molecule has 1 heterocycles. The van der Waals surface area contributed by atoms with Gasteiger partial charge in [0.25, 0.3) is 0 Å². The zero-order chi connectivity index (χ0) is 23.4. The second-order valence-electron chi connectivity index (χ2n) is 9.53. The molecule has 1 aliphatic rings. The molecule has 0 amide bonds. The van der Waals surface area contributed by atoms with Crippen molar-refractivity contribution in [2.24, 2.45) is 5.92 Å². The quantitative estimate of drug-likeness (QED) is 0.374. The van der Waals surface area contributed by atoms with Crippen molar-refractivity contribution in [3.63, 3.8) is 0 Å². The van der Waals surface area contributed by atoms with E-state index < -0.39 is 10.0 Å². The number of benzene rings is 3. The molecule has 3 aromatic rings. The first kappa shape index (κ1) is 23.7. The van der Waals surface area contributed by atoms with Crippen molar-refractivity contribution in [3.05, 3.63) is 102 Å². The normalized spacial score (nSPS) is 19.1. The lowest BCUT2D eigenvalue weighted by molar-refractivity contribution is 0.147. The molecule has 4 rings (SSSR count). The Balaban J connectivity index is 1.62. The lowest BCUT2D eigenvalue weighted by atomic mass is 9.98. The summed E-state index contributed by atoms with van der Waals surface area (Å²) in [4.78, 5) is 2.86. The van der Waals surface area contributed by atoms with Crippen LogP contribution >= 0.6 is 0 Å². The molecule has 1 fully saturated rings. The molecule has 4 nitrogen and oxygen atoms in total. The van der Waals surface area contributed by atoms with Gasteiger partial charge in [-0.2, -0.15) is 4.31 Å². The van der Waals surface area contributed by atoms with Crippen molar-refractivity contribution >= 4 is 10.0 Å². The van der Waals surface area contributed by atoms with Gasteiger partial charge in [0.1, 0.15) is 0 Å². The Morgan fingerprint density at radius 1 is 0.848 bits per heavy atom. The van der Waals surface area contributed by atoms with Gasteiger partial charge in [0, 0.05) is 25.7 Å². The highest BCUT2D eigenvalue weighted by molar-refractivity contribution is 7.89. The highest BCUT2D eigenvalue weighted by Gasteiger charge is 2.50. The number of aryl methyl sites for hydroxylation is 1. The molecule has 1 unspecified atom stereocenters. The number of sulfonamides is 1. The molecule has 0 N–H and O–H groups in total. The van der Waals surface area contributed by atoms with Gasteiger partial charge in [-0.05, 0) is 42.5 Å². The molecule has 0 radical (unpaired) electrons. The smallest absolute Gasteiger partial charge is 0.243 e. The summed E-state index contributed by atoms with van der Waals surface area (Å²) in [6, 6.07) is 28.3. The highest BCUT2D eigenvalue weighted by Crippen LogP contribution is 2.36. The van der Waals surface area contributed by atoms with Gasteiger partial charge in [-0.15, -0.1) is 0 Å². The molecule has 174 valence electrons. The van der Waals surface area contributed by atoms with Crippen molar-refractivity contribution in [3.8, 4) is 0 Å². The Morgan fingerprint density at radius 2 is 1.36 bits per heavy atom. The van der Waals surface area contributed by atoms with Crippen molar-refractivity contribution < 1.29 is 8.42 Å². The summed E-state index contributed by atoms with van der Waals surface area (Å²) in [7, 11) is -3.49. The van der Waals surface area contributed by atoms with Crippen LogP contribution in [-0.2, 0) is 23.1 Å². The molecule has 1 aliphatic heterocycles. The third kappa shape index (κ3) is 5.91. The molecular weight excluding hydrogens is 428 g/mol. The molecule has 0 bridgehead atoms. The van der Waals surface area contributed by atoms with Crippen LogP contribution in [0.3, 0.4) is 0 Å². The first-order valence-electron chi connectivity index (χ1n) is 11.7. The van der Waals surface area contributed by atoms with Crippen LogP contribution in [0.5, 0.6) is 0 Å². The van der Waals surface area contributed by atoms with Crippen LogP contribution < -0.4 is 0 Å². The monoisotopic (exact) mass is 462 g/mol. The Kier molecular flexibility index (Phi) is 7.32. The van der Waals surface area contributed by atoms with Crippen LogP contribution in [0.2, 0.25) is 0 Å². The maximum atomic E-state index is 13.4. The molecule has 33 heavy (non-hydrogen) atoms. The first-order chi connectivity index (χ1) is 15.8. The standard InChI is InChI=1S/C28H34N2O2S/c1-22(2)18-27(28-21-30(28)33(31,32)26-16-14-23(3)15-17-26)29(19-24-10-6-4-7-11-24)20-25-12-8-5-9-13-25/h4-17,22,27-28H,18-21H2,1-3H3/t27-,28+,30?/m0/s1. The van der Waals surface area contributed by atoms with E-state index in [1.807, 2.05) is 31.2 Å². The van der Waals surface area contributed by atoms with Crippen LogP contribution in [0.25, 0.3) is 0 Å². The molecule has 0 spiro atoms. The van der Waals surface area contributed by atoms with Crippen LogP contribution in [-0.4, -0.2) is 36.3 Å². The highest BCUT2D eigenvalue weighted by atomic mass is 32.2. The summed E-state index contributed by atoms with van der Waals surface area (Å²) < 4.78 is 28.4. The van der Waals surface area contributed by atoms with Crippen molar-refractivity contribution in [2.45, 2.75) is 57.3 Å². The molecule has 1 saturated heterocycles. The van der Waals surface area contributed by atoms with Gasteiger partial charge in [0.2, 0.25) is 10.0 Å². The third-order valence-corrected chi connectivity index (χ3v) is 8.22. The van der Waals surface area contributed by atoms with E-state index in [2.05, 4.69) is 67.3 Å². The van der Waals surface area contributed by atoms with Gasteiger partial charge in [-0.1, -0.05) is 92.2 Å². The van der Waals surface area contributed by atoms with Gasteiger partial charge in [0.15, 0.2) is 0 Å². The Hall–Kier alpha value is -2.47. The maximum Gasteiger partial charge on any atom is 0.243 e. The van der Waals surface area contributed by atoms with Gasteiger partial charge in [-0.25, -0.2) is 8.42 Å². The van der Waals surface area contributed by atoms with Crippen LogP contribution in [0.4, 0.5) is 0 Å². The van der Waals surface area contributed by atoms with E-state index in [-0.39, 0.29) is 12.1 Å². The second-order valence-corrected chi connectivity index (χ2v) is 11.4. The van der Waals surface area contributed by atoms with Crippen molar-refractivity contribution in [2.75, 3.05) is 6.54 Å². The summed E-state index contributed by atoms with van der Waals surface area (Å²) in [5, 5.41) is 0. The molecule has 3 aromatic carbocycles. The summed E-state index contributed by atoms with van der Waals surface area (Å²) in [6.45, 7) is 8.58. The number of hydrogen-bond acceptors (Lipinski definition) is 3. The van der Waals surface area contributed by atoms with E-state index in [0.717, 1.165) is 25.1 Å². The van der Waals surface area contributed by atoms with Gasteiger partial charge in [-0.3, -0.25) is 4.90 Å². The van der Waals surface area contributed by atoms with E-state index in [9.17, 15) is 8.42 Å². The van der Waals surface area contributed by atoms with Gasteiger partial charge < -0.3 is 0 Å². The fourth-order valence-electron chi connectivity index (χ4n) is 4.53. The lowest BCUT2D eigenvalue weighted by Gasteiger charge is -2.33. The number of rotatable bonds is 10. The number of hydrogen-bond donors (Lipinski definition) is 0. The second kappa shape index (κ2) is 10.2. The average molecular weight is 463 g/mol. The number of nitrogens with zero attached hydrogens (tertiary/aromatic N) is 2. The van der Waals surface area contributed by atoms with Crippen molar-refractivity contribution in [1.29, 1.82) is 0 Å².